The Hall–Kier alpha value is -2.97. The zero-order valence-corrected chi connectivity index (χ0v) is 15.2. The largest absolute Gasteiger partial charge is 0.383 e. The lowest BCUT2D eigenvalue weighted by molar-refractivity contribution is 0.0992. The fourth-order valence-corrected chi connectivity index (χ4v) is 3.84. The molecule has 0 saturated heterocycles. The van der Waals surface area contributed by atoms with E-state index in [1.165, 1.54) is 23.6 Å². The topological polar surface area (TPSA) is 69.4 Å². The van der Waals surface area contributed by atoms with E-state index in [-0.39, 0.29) is 11.5 Å². The van der Waals surface area contributed by atoms with Crippen molar-refractivity contribution in [3.8, 4) is 0 Å². The molecule has 0 saturated carbocycles. The summed E-state index contributed by atoms with van der Waals surface area (Å²) in [5.41, 5.74) is 1.88. The van der Waals surface area contributed by atoms with Crippen LogP contribution in [0.3, 0.4) is 0 Å². The van der Waals surface area contributed by atoms with E-state index in [2.05, 4.69) is 15.0 Å². The van der Waals surface area contributed by atoms with Gasteiger partial charge in [-0.05, 0) is 24.3 Å². The average molecular weight is 382 g/mol. The van der Waals surface area contributed by atoms with Crippen LogP contribution in [-0.4, -0.2) is 34.2 Å². The first kappa shape index (κ1) is 17.4. The van der Waals surface area contributed by atoms with Gasteiger partial charge in [0, 0.05) is 13.7 Å². The second-order valence-electron chi connectivity index (χ2n) is 5.78. The van der Waals surface area contributed by atoms with Gasteiger partial charge in [0.1, 0.15) is 11.5 Å². The predicted molar refractivity (Wildman–Crippen MR) is 101 cm³/mol. The molecule has 0 bridgehead atoms. The van der Waals surface area contributed by atoms with Gasteiger partial charge in [0.05, 0.1) is 34.1 Å². The van der Waals surface area contributed by atoms with Crippen molar-refractivity contribution in [1.82, 2.24) is 14.5 Å². The van der Waals surface area contributed by atoms with E-state index < -0.39 is 5.91 Å². The number of benzene rings is 2. The number of hydrogen-bond donors (Lipinski definition) is 0. The van der Waals surface area contributed by atoms with Gasteiger partial charge in [-0.15, -0.1) is 0 Å². The highest BCUT2D eigenvalue weighted by atomic mass is 32.1. The normalized spacial score (nSPS) is 12.1. The van der Waals surface area contributed by atoms with Crippen LogP contribution in [0, 0.1) is 5.82 Å². The molecule has 2 aromatic carbocycles. The van der Waals surface area contributed by atoms with E-state index in [4.69, 9.17) is 4.74 Å². The zero-order chi connectivity index (χ0) is 18.8. The maximum absolute atomic E-state index is 14.3. The molecule has 2 heterocycles. The second kappa shape index (κ2) is 7.34. The van der Waals surface area contributed by atoms with Crippen LogP contribution in [0.4, 0.5) is 4.39 Å². The average Bonchev–Trinajstić information content (AvgIpc) is 3.04. The van der Waals surface area contributed by atoms with Crippen molar-refractivity contribution in [3.63, 3.8) is 0 Å². The molecule has 0 N–H and O–H groups in total. The van der Waals surface area contributed by atoms with Gasteiger partial charge >= 0.3 is 0 Å². The molecule has 0 aliphatic carbocycles. The predicted octanol–water partition coefficient (Wildman–Crippen LogP) is 3.17. The van der Waals surface area contributed by atoms with Crippen molar-refractivity contribution in [3.05, 3.63) is 65.0 Å². The molecular weight excluding hydrogens is 367 g/mol. The Kier molecular flexibility index (Phi) is 4.74. The molecule has 4 aromatic rings. The van der Waals surface area contributed by atoms with Crippen LogP contribution in [0.2, 0.25) is 0 Å². The van der Waals surface area contributed by atoms with Crippen LogP contribution in [0.5, 0.6) is 0 Å². The fourth-order valence-electron chi connectivity index (χ4n) is 2.77. The van der Waals surface area contributed by atoms with Gasteiger partial charge in [0.15, 0.2) is 4.80 Å². The summed E-state index contributed by atoms with van der Waals surface area (Å²) in [6, 6.07) is 12.1. The number of methoxy groups -OCH3 is 1. The van der Waals surface area contributed by atoms with Gasteiger partial charge in [-0.3, -0.25) is 9.78 Å². The monoisotopic (exact) mass is 382 g/mol. The third kappa shape index (κ3) is 3.36. The molecule has 2 aromatic heterocycles. The molecule has 4 rings (SSSR count). The van der Waals surface area contributed by atoms with E-state index in [1.54, 1.807) is 29.9 Å². The van der Waals surface area contributed by atoms with E-state index in [0.717, 1.165) is 0 Å². The lowest BCUT2D eigenvalue weighted by Gasteiger charge is -2.04. The smallest absolute Gasteiger partial charge is 0.299 e. The minimum absolute atomic E-state index is 0.143. The Morgan fingerprint density at radius 2 is 2.04 bits per heavy atom. The standard InChI is InChI=1S/C19H15FN4O2S/c1-26-10-9-24-17-12(20)5-4-8-16(17)27-19(24)23-18(25)15-11-21-13-6-2-3-7-14(13)22-15/h2-8,11H,9-10H2,1H3. The lowest BCUT2D eigenvalue weighted by Crippen LogP contribution is -2.20. The minimum Gasteiger partial charge on any atom is -0.383 e. The number of carbonyl (C=O) groups excluding carboxylic acids is 1. The number of amides is 1. The van der Waals surface area contributed by atoms with Crippen LogP contribution in [0.25, 0.3) is 21.3 Å². The summed E-state index contributed by atoms with van der Waals surface area (Å²) >= 11 is 1.25. The number of fused-ring (bicyclic) bond motifs is 2. The first-order valence-corrected chi connectivity index (χ1v) is 9.06. The van der Waals surface area contributed by atoms with E-state index in [9.17, 15) is 9.18 Å². The second-order valence-corrected chi connectivity index (χ2v) is 6.79. The van der Waals surface area contributed by atoms with Crippen LogP contribution in [0.1, 0.15) is 10.5 Å². The maximum Gasteiger partial charge on any atom is 0.299 e. The van der Waals surface area contributed by atoms with Gasteiger partial charge < -0.3 is 9.30 Å². The van der Waals surface area contributed by atoms with Crippen molar-refractivity contribution in [2.75, 3.05) is 13.7 Å². The van der Waals surface area contributed by atoms with Gasteiger partial charge in [-0.25, -0.2) is 9.37 Å². The number of carbonyl (C=O) groups is 1. The Morgan fingerprint density at radius 1 is 1.22 bits per heavy atom. The minimum atomic E-state index is -0.522. The number of para-hydroxylation sites is 3. The number of halogens is 1. The van der Waals surface area contributed by atoms with Gasteiger partial charge in [0.2, 0.25) is 0 Å². The molecule has 1 amide bonds. The molecule has 8 heteroatoms. The van der Waals surface area contributed by atoms with Crippen LogP contribution >= 0.6 is 11.3 Å². The van der Waals surface area contributed by atoms with E-state index in [1.807, 2.05) is 18.2 Å². The Balaban J connectivity index is 1.83. The van der Waals surface area contributed by atoms with Gasteiger partial charge in [0.25, 0.3) is 5.91 Å². The highest BCUT2D eigenvalue weighted by molar-refractivity contribution is 7.16. The molecule has 6 nitrogen and oxygen atoms in total. The SMILES string of the molecule is COCCn1c(=NC(=O)c2cnc3ccccc3n2)sc2cccc(F)c21. The Labute approximate surface area is 157 Å². The Bertz CT molecular complexity index is 1220. The van der Waals surface area contributed by atoms with Crippen LogP contribution in [-0.2, 0) is 11.3 Å². The molecule has 0 spiro atoms. The number of rotatable bonds is 4. The first-order valence-electron chi connectivity index (χ1n) is 8.25. The summed E-state index contributed by atoms with van der Waals surface area (Å²) in [5.74, 6) is -0.884. The summed E-state index contributed by atoms with van der Waals surface area (Å²) in [5, 5.41) is 0. The summed E-state index contributed by atoms with van der Waals surface area (Å²) < 4.78 is 21.8. The van der Waals surface area contributed by atoms with Crippen molar-refractivity contribution in [2.45, 2.75) is 6.54 Å². The van der Waals surface area contributed by atoms with Crippen molar-refractivity contribution in [1.29, 1.82) is 0 Å². The molecule has 0 fully saturated rings. The molecule has 136 valence electrons. The van der Waals surface area contributed by atoms with Crippen molar-refractivity contribution in [2.24, 2.45) is 4.99 Å². The number of ether oxygens (including phenoxy) is 1. The number of aromatic nitrogens is 3. The summed E-state index contributed by atoms with van der Waals surface area (Å²) in [6.07, 6.45) is 1.40. The quantitative estimate of drug-likeness (QED) is 0.544. The first-order chi connectivity index (χ1) is 13.2. The molecule has 0 atom stereocenters. The fraction of sp³-hybridized carbons (Fsp3) is 0.158. The lowest BCUT2D eigenvalue weighted by atomic mass is 10.3. The Morgan fingerprint density at radius 3 is 2.85 bits per heavy atom. The summed E-state index contributed by atoms with van der Waals surface area (Å²) in [7, 11) is 1.57. The van der Waals surface area contributed by atoms with Crippen LogP contribution < -0.4 is 4.80 Å². The highest BCUT2D eigenvalue weighted by Crippen LogP contribution is 2.20. The van der Waals surface area contributed by atoms with Crippen LogP contribution in [0.15, 0.2) is 53.7 Å². The molecular formula is C19H15FN4O2S. The molecule has 0 aliphatic rings. The highest BCUT2D eigenvalue weighted by Gasteiger charge is 2.13. The summed E-state index contributed by atoms with van der Waals surface area (Å²) in [4.78, 5) is 25.8. The van der Waals surface area contributed by atoms with E-state index in [0.29, 0.717) is 39.2 Å². The third-order valence-electron chi connectivity index (χ3n) is 4.04. The van der Waals surface area contributed by atoms with E-state index >= 15 is 0 Å². The maximum atomic E-state index is 14.3. The molecule has 27 heavy (non-hydrogen) atoms. The number of hydrogen-bond acceptors (Lipinski definition) is 5. The number of nitrogens with zero attached hydrogens (tertiary/aromatic N) is 4. The molecule has 0 unspecified atom stereocenters. The zero-order valence-electron chi connectivity index (χ0n) is 14.4. The van der Waals surface area contributed by atoms with Crippen molar-refractivity contribution < 1.29 is 13.9 Å². The van der Waals surface area contributed by atoms with Gasteiger partial charge in [-0.2, -0.15) is 4.99 Å². The van der Waals surface area contributed by atoms with Crippen molar-refractivity contribution >= 4 is 38.5 Å². The van der Waals surface area contributed by atoms with Gasteiger partial charge in [-0.1, -0.05) is 29.5 Å². The third-order valence-corrected chi connectivity index (χ3v) is 5.08. The molecule has 0 radical (unpaired) electrons. The number of thiazole rings is 1. The summed E-state index contributed by atoms with van der Waals surface area (Å²) in [6.45, 7) is 0.754. The molecule has 0 aliphatic heterocycles.